The van der Waals surface area contributed by atoms with Crippen LogP contribution in [0.4, 0.5) is 0 Å². The van der Waals surface area contributed by atoms with E-state index >= 15 is 0 Å². The van der Waals surface area contributed by atoms with Gasteiger partial charge < -0.3 is 13.7 Å². The van der Waals surface area contributed by atoms with Gasteiger partial charge in [0.15, 0.2) is 0 Å². The van der Waals surface area contributed by atoms with Crippen LogP contribution in [0.3, 0.4) is 0 Å². The van der Waals surface area contributed by atoms with Crippen LogP contribution in [0.25, 0.3) is 71.7 Å². The van der Waals surface area contributed by atoms with E-state index in [2.05, 4.69) is 0 Å². The first-order valence-corrected chi connectivity index (χ1v) is 14.9. The second-order valence-corrected chi connectivity index (χ2v) is 11.7. The minimum atomic E-state index is -1.48. The smallest absolute Gasteiger partial charge is 0.289 e. The molecule has 2 aromatic heterocycles. The minimum Gasteiger partial charge on any atom is -0.458 e. The number of fused-ring (bicyclic) bond motifs is 10. The van der Waals surface area contributed by atoms with Gasteiger partial charge in [0.2, 0.25) is 0 Å². The van der Waals surface area contributed by atoms with Crippen LogP contribution in [0.1, 0.15) is 32.9 Å². The summed E-state index contributed by atoms with van der Waals surface area (Å²) in [5.41, 5.74) is -4.79. The van der Waals surface area contributed by atoms with Crippen LogP contribution in [-0.2, 0) is 0 Å². The first-order valence-electron chi connectivity index (χ1n) is 26.0. The molecule has 0 fully saturated rings. The Kier molecular flexibility index (Phi) is 2.38. The maximum Gasteiger partial charge on any atom is 0.289 e. The van der Waals surface area contributed by atoms with Gasteiger partial charge in [-0.2, -0.15) is 11.6 Å². The molecule has 0 unspecified atom stereocenters. The molecule has 0 atom stereocenters. The van der Waals surface area contributed by atoms with E-state index in [0.29, 0.717) is 11.6 Å². The molecule has 0 amide bonds. The predicted octanol–water partition coefficient (Wildman–Crippen LogP) is 10.3. The van der Waals surface area contributed by atoms with Crippen molar-refractivity contribution in [3.05, 3.63) is 145 Å². The summed E-state index contributed by atoms with van der Waals surface area (Å²) < 4.78 is 228. The lowest BCUT2D eigenvalue weighted by atomic mass is 9.57. The van der Waals surface area contributed by atoms with E-state index in [1.54, 1.807) is 0 Å². The van der Waals surface area contributed by atoms with Crippen molar-refractivity contribution in [1.82, 2.24) is 4.57 Å². The Morgan fingerprint density at radius 2 is 1.28 bits per heavy atom. The van der Waals surface area contributed by atoms with E-state index in [4.69, 9.17) is 33.8 Å². The van der Waals surface area contributed by atoms with Crippen molar-refractivity contribution in [1.29, 1.82) is 0 Å². The lowest BCUT2D eigenvalue weighted by molar-refractivity contribution is 0.488. The summed E-state index contributed by atoms with van der Waals surface area (Å²) in [6.45, 7) is 0. The number of rotatable bonds is 2. The summed E-state index contributed by atoms with van der Waals surface area (Å²) in [7, 11) is 0. The zero-order valence-electron chi connectivity index (χ0n) is 47.2. The molecule has 0 saturated carbocycles. The number of nitrogens with zero attached hydrogens (tertiary/aromatic N) is 1. The molecule has 0 bridgehead atoms. The molecule has 0 spiro atoms. The van der Waals surface area contributed by atoms with Crippen LogP contribution in [-0.4, -0.2) is 10.6 Å². The van der Waals surface area contributed by atoms with E-state index in [1.807, 2.05) is 0 Å². The molecular weight excluding hydrogens is 593 g/mol. The molecule has 7 aromatic carbocycles. The molecule has 2 aliphatic rings. The number of hydrogen-bond donors (Lipinski definition) is 0. The fraction of sp³-hybridized carbons (Fsp3) is 0. The standard InChI is InChI=1S/C42H24BNO2S/c1-5-16-35-28(10-1)29-11-2-6-17-36(29)44(35)26-20-21-38-34(24-26)43-41-33(31-13-4-8-19-40(31)47-43)22-25(23-39(41)45-38)27-14-9-15-32-30-12-3-7-18-37(30)46-42(27)32/h1-24H/i1D,2D,3D,4D,5D,6D,7D,8D,9D,10D,11D,12D,13D,14D,15D,16D,17D,18D,19D,20D,21D,22D,23D,24D. The minimum absolute atomic E-state index is 0.170. The van der Waals surface area contributed by atoms with E-state index in [0.717, 1.165) is 4.57 Å². The van der Waals surface area contributed by atoms with Crippen LogP contribution in [0.5, 0.6) is 11.5 Å². The Balaban J connectivity index is 1.30. The summed E-state index contributed by atoms with van der Waals surface area (Å²) in [5, 5.41) is -1.47. The monoisotopic (exact) mass is 641 g/mol. The first kappa shape index (κ1) is 11.9. The topological polar surface area (TPSA) is 27.3 Å². The third-order valence-corrected chi connectivity index (χ3v) is 9.35. The van der Waals surface area contributed by atoms with E-state index in [-0.39, 0.29) is 48.5 Å². The molecule has 2 aliphatic heterocycles. The van der Waals surface area contributed by atoms with Crippen LogP contribution in [0, 0.1) is 0 Å². The Hall–Kier alpha value is -5.65. The van der Waals surface area contributed by atoms with Gasteiger partial charge in [-0.1, -0.05) is 90.6 Å². The molecule has 3 nitrogen and oxygen atoms in total. The van der Waals surface area contributed by atoms with E-state index in [1.165, 1.54) is 0 Å². The normalized spacial score (nSPS) is 20.3. The van der Waals surface area contributed by atoms with Crippen LogP contribution in [0.15, 0.2) is 154 Å². The highest BCUT2D eigenvalue weighted by Gasteiger charge is 2.39. The van der Waals surface area contributed by atoms with E-state index < -0.39 is 202 Å². The van der Waals surface area contributed by atoms with Crippen LogP contribution in [0.2, 0.25) is 0 Å². The number of ether oxygens (including phenoxy) is 1. The molecule has 0 N–H and O–H groups in total. The first-order chi connectivity index (χ1) is 33.3. The van der Waals surface area contributed by atoms with Crippen molar-refractivity contribution in [3.8, 4) is 39.4 Å². The van der Waals surface area contributed by atoms with Gasteiger partial charge in [0.25, 0.3) is 5.99 Å². The van der Waals surface area contributed by atoms with Crippen LogP contribution < -0.4 is 15.7 Å². The average molecular weight is 642 g/mol. The average Bonchev–Trinajstić information content (AvgIpc) is 3.92. The fourth-order valence-corrected chi connectivity index (χ4v) is 7.39. The van der Waals surface area contributed by atoms with Gasteiger partial charge in [-0.05, 0) is 82.0 Å². The molecule has 4 heterocycles. The maximum absolute atomic E-state index is 9.94. The molecule has 218 valence electrons. The summed E-state index contributed by atoms with van der Waals surface area (Å²) in [4.78, 5) is -0.210. The zero-order chi connectivity index (χ0) is 51.5. The van der Waals surface area contributed by atoms with Gasteiger partial charge in [0.05, 0.1) is 43.9 Å². The molecule has 9 aromatic rings. The SMILES string of the molecule is [2H]c1c([2H])c([2H])c2c(c1[2H])SB1c3c([2H])c(-n4c5c([2H])c([2H])c([2H])c([2H])c5c5c([2H])c([2H])c([2H])c([2H])c54)c([2H])c([2H])c3Oc3c([2H])c(-c4c([2H])c([2H])c([2H])c5c4oc4c([2H])c([2H])c([2H])c([2H])c45)c([2H])c-2c31. The molecule has 5 heteroatoms. The zero-order valence-corrected chi connectivity index (χ0v) is 24.1. The molecule has 0 aliphatic carbocycles. The van der Waals surface area contributed by atoms with Crippen molar-refractivity contribution in [2.45, 2.75) is 4.90 Å². The second kappa shape index (κ2) is 9.44. The van der Waals surface area contributed by atoms with Gasteiger partial charge in [0.1, 0.15) is 22.7 Å². The molecular formula is C42H24BNO2S. The fourth-order valence-electron chi connectivity index (χ4n) is 6.14. The van der Waals surface area contributed by atoms with Gasteiger partial charge in [-0.15, -0.1) is 0 Å². The lowest BCUT2D eigenvalue weighted by Gasteiger charge is -2.33. The molecule has 0 saturated heterocycles. The van der Waals surface area contributed by atoms with Gasteiger partial charge >= 0.3 is 0 Å². The second-order valence-electron chi connectivity index (χ2n) is 10.6. The lowest BCUT2D eigenvalue weighted by Crippen LogP contribution is -2.46. The van der Waals surface area contributed by atoms with Gasteiger partial charge in [0, 0.05) is 37.7 Å². The molecule has 11 rings (SSSR count). The number of hydrogen-bond acceptors (Lipinski definition) is 3. The van der Waals surface area contributed by atoms with Crippen LogP contribution >= 0.6 is 11.6 Å². The highest BCUT2D eigenvalue weighted by atomic mass is 32.2. The molecule has 0 radical (unpaired) electrons. The Morgan fingerprint density at radius 3 is 2.13 bits per heavy atom. The van der Waals surface area contributed by atoms with Crippen molar-refractivity contribution in [3.63, 3.8) is 0 Å². The highest BCUT2D eigenvalue weighted by Crippen LogP contribution is 2.46. The summed E-state index contributed by atoms with van der Waals surface area (Å²) in [5.74, 6) is -2.56. The number of para-hydroxylation sites is 4. The summed E-state index contributed by atoms with van der Waals surface area (Å²) in [6.07, 6.45) is 0. The highest BCUT2D eigenvalue weighted by molar-refractivity contribution is 8.28. The summed E-state index contributed by atoms with van der Waals surface area (Å²) in [6, 6.07) is -17.8. The van der Waals surface area contributed by atoms with Gasteiger partial charge in [-0.3, -0.25) is 0 Å². The van der Waals surface area contributed by atoms with Crippen molar-refractivity contribution < 1.29 is 42.1 Å². The Bertz CT molecular complexity index is 4060. The number of aromatic nitrogens is 1. The largest absolute Gasteiger partial charge is 0.458 e. The Labute approximate surface area is 308 Å². The Morgan fingerprint density at radius 1 is 0.574 bits per heavy atom. The van der Waals surface area contributed by atoms with Crippen molar-refractivity contribution in [2.75, 3.05) is 0 Å². The maximum atomic E-state index is 9.94. The van der Waals surface area contributed by atoms with Crippen molar-refractivity contribution >= 4 is 72.3 Å². The quantitative estimate of drug-likeness (QED) is 0.176. The van der Waals surface area contributed by atoms with Crippen molar-refractivity contribution in [2.24, 2.45) is 0 Å². The van der Waals surface area contributed by atoms with Gasteiger partial charge in [-0.25, -0.2) is 0 Å². The number of benzene rings is 7. The third kappa shape index (κ3) is 3.55. The predicted molar refractivity (Wildman–Crippen MR) is 196 cm³/mol. The molecule has 47 heavy (non-hydrogen) atoms. The third-order valence-electron chi connectivity index (χ3n) is 8.10. The number of furan rings is 1. The van der Waals surface area contributed by atoms with E-state index in [9.17, 15) is 8.22 Å². The summed E-state index contributed by atoms with van der Waals surface area (Å²) >= 11 is 0.709.